The summed E-state index contributed by atoms with van der Waals surface area (Å²) in [6, 6.07) is 19.8. The molecule has 210 valence electrons. The molecule has 6 nitrogen and oxygen atoms in total. The van der Waals surface area contributed by atoms with E-state index in [0.717, 1.165) is 34.2 Å². The summed E-state index contributed by atoms with van der Waals surface area (Å²) in [6.45, 7) is 2.53. The van der Waals surface area contributed by atoms with Crippen molar-refractivity contribution in [3.63, 3.8) is 0 Å². The van der Waals surface area contributed by atoms with Gasteiger partial charge in [-0.25, -0.2) is 0 Å². The minimum absolute atomic E-state index is 0.107. The largest absolute Gasteiger partial charge is 0.416 e. The summed E-state index contributed by atoms with van der Waals surface area (Å²) in [4.78, 5) is 33.4. The number of halogens is 3. The molecule has 0 unspecified atom stereocenters. The van der Waals surface area contributed by atoms with Crippen molar-refractivity contribution in [2.45, 2.75) is 26.1 Å². The summed E-state index contributed by atoms with van der Waals surface area (Å²) in [6.07, 6.45) is -2.01. The van der Waals surface area contributed by atoms with Gasteiger partial charge in [-0.1, -0.05) is 48.5 Å². The van der Waals surface area contributed by atoms with Gasteiger partial charge in [-0.3, -0.25) is 9.59 Å². The van der Waals surface area contributed by atoms with Gasteiger partial charge < -0.3 is 19.5 Å². The fourth-order valence-electron chi connectivity index (χ4n) is 4.61. The molecule has 0 bridgehead atoms. The highest BCUT2D eigenvalue weighted by atomic mass is 19.4. The summed E-state index contributed by atoms with van der Waals surface area (Å²) < 4.78 is 44.5. The Hall–Kier alpha value is -4.11. The van der Waals surface area contributed by atoms with Gasteiger partial charge >= 0.3 is 6.18 Å². The van der Waals surface area contributed by atoms with E-state index in [0.29, 0.717) is 24.1 Å². The highest BCUT2D eigenvalue weighted by Crippen LogP contribution is 2.29. The second-order valence-corrected chi connectivity index (χ2v) is 9.65. The molecule has 0 aliphatic heterocycles. The van der Waals surface area contributed by atoms with E-state index in [9.17, 15) is 22.8 Å². The number of carbonyl (C=O) groups excluding carboxylic acids is 2. The predicted molar refractivity (Wildman–Crippen MR) is 148 cm³/mol. The third-order valence-electron chi connectivity index (χ3n) is 6.89. The summed E-state index contributed by atoms with van der Waals surface area (Å²) in [7, 11) is 1.52. The molecule has 1 N–H and O–H groups in total. The van der Waals surface area contributed by atoms with Crippen molar-refractivity contribution in [3.8, 4) is 0 Å². The Morgan fingerprint density at radius 3 is 2.30 bits per heavy atom. The first-order valence-corrected chi connectivity index (χ1v) is 13.0. The maximum atomic E-state index is 13.7. The number of H-pyrrole nitrogens is 1. The Labute approximate surface area is 231 Å². The molecule has 0 radical (unpaired) electrons. The Balaban J connectivity index is 1.57. The molecular weight excluding hydrogens is 519 g/mol. The van der Waals surface area contributed by atoms with Crippen LogP contribution in [-0.4, -0.2) is 59.9 Å². The van der Waals surface area contributed by atoms with Gasteiger partial charge in [0.25, 0.3) is 5.91 Å². The van der Waals surface area contributed by atoms with E-state index in [2.05, 4.69) is 4.98 Å². The van der Waals surface area contributed by atoms with Crippen molar-refractivity contribution in [1.29, 1.82) is 0 Å². The van der Waals surface area contributed by atoms with Gasteiger partial charge in [-0.15, -0.1) is 0 Å². The van der Waals surface area contributed by atoms with E-state index in [-0.39, 0.29) is 38.1 Å². The molecular formula is C31H32F3N3O3. The number of nitrogens with zero attached hydrogens (tertiary/aromatic N) is 2. The van der Waals surface area contributed by atoms with Gasteiger partial charge in [-0.05, 0) is 54.3 Å². The van der Waals surface area contributed by atoms with Gasteiger partial charge in [0.05, 0.1) is 12.2 Å². The molecule has 1 aromatic heterocycles. The molecule has 0 fully saturated rings. The molecule has 0 aliphatic carbocycles. The number of aromatic amines is 1. The molecule has 0 saturated carbocycles. The molecule has 0 saturated heterocycles. The average molecular weight is 552 g/mol. The van der Waals surface area contributed by atoms with Crippen LogP contribution in [0.3, 0.4) is 0 Å². The maximum Gasteiger partial charge on any atom is 0.416 e. The maximum absolute atomic E-state index is 13.7. The van der Waals surface area contributed by atoms with Crippen molar-refractivity contribution in [3.05, 3.63) is 107 Å². The summed E-state index contributed by atoms with van der Waals surface area (Å²) in [5, 5.41) is 1.04. The number of fused-ring (bicyclic) bond motifs is 1. The highest BCUT2D eigenvalue weighted by molar-refractivity contribution is 5.97. The Bertz CT molecular complexity index is 1450. The van der Waals surface area contributed by atoms with Crippen molar-refractivity contribution >= 4 is 22.7 Å². The number of hydrogen-bond donors (Lipinski definition) is 1. The van der Waals surface area contributed by atoms with Crippen LogP contribution < -0.4 is 0 Å². The molecule has 4 rings (SSSR count). The zero-order valence-electron chi connectivity index (χ0n) is 22.5. The number of methoxy groups -OCH3 is 1. The second kappa shape index (κ2) is 12.8. The first-order valence-electron chi connectivity index (χ1n) is 13.0. The number of ether oxygens (including phenoxy) is 1. The summed E-state index contributed by atoms with van der Waals surface area (Å²) in [5.41, 5.74) is 3.11. The van der Waals surface area contributed by atoms with Gasteiger partial charge in [0.15, 0.2) is 0 Å². The number of amides is 2. The van der Waals surface area contributed by atoms with E-state index in [4.69, 9.17) is 4.74 Å². The van der Waals surface area contributed by atoms with Crippen molar-refractivity contribution in [1.82, 2.24) is 14.8 Å². The number of rotatable bonds is 11. The third-order valence-corrected chi connectivity index (χ3v) is 6.89. The van der Waals surface area contributed by atoms with Gasteiger partial charge in [0, 0.05) is 49.4 Å². The lowest BCUT2D eigenvalue weighted by atomic mass is 10.1. The molecule has 2 amide bonds. The first-order chi connectivity index (χ1) is 19.2. The molecule has 40 heavy (non-hydrogen) atoms. The third kappa shape index (κ3) is 7.09. The highest BCUT2D eigenvalue weighted by Gasteiger charge is 2.30. The molecule has 3 aromatic carbocycles. The number of alkyl halides is 3. The summed E-state index contributed by atoms with van der Waals surface area (Å²) in [5.74, 6) is -0.590. The average Bonchev–Trinajstić information content (AvgIpc) is 3.36. The SMILES string of the molecule is COCCN(CC(=O)N(CCc1c[nH]c2ccccc12)Cc1ccc(C(F)(F)F)cc1)C(=O)c1ccccc1C. The topological polar surface area (TPSA) is 65.6 Å². The summed E-state index contributed by atoms with van der Waals surface area (Å²) >= 11 is 0. The molecule has 0 atom stereocenters. The van der Waals surface area contributed by atoms with Crippen LogP contribution in [0, 0.1) is 6.92 Å². The fraction of sp³-hybridized carbons (Fsp3) is 0.290. The van der Waals surface area contributed by atoms with E-state index >= 15 is 0 Å². The fourth-order valence-corrected chi connectivity index (χ4v) is 4.61. The van der Waals surface area contributed by atoms with Crippen LogP contribution in [0.2, 0.25) is 0 Å². The zero-order valence-corrected chi connectivity index (χ0v) is 22.5. The Morgan fingerprint density at radius 2 is 1.60 bits per heavy atom. The number of nitrogens with one attached hydrogen (secondary N) is 1. The van der Waals surface area contributed by atoms with Crippen molar-refractivity contribution < 1.29 is 27.5 Å². The van der Waals surface area contributed by atoms with Crippen LogP contribution in [0.5, 0.6) is 0 Å². The minimum atomic E-state index is -4.44. The lowest BCUT2D eigenvalue weighted by Gasteiger charge is -2.28. The number of carbonyl (C=O) groups is 2. The molecule has 9 heteroatoms. The smallest absolute Gasteiger partial charge is 0.383 e. The number of para-hydroxylation sites is 1. The zero-order chi connectivity index (χ0) is 28.7. The lowest BCUT2D eigenvalue weighted by Crippen LogP contribution is -2.44. The van der Waals surface area contributed by atoms with Crippen LogP contribution >= 0.6 is 0 Å². The predicted octanol–water partition coefficient (Wildman–Crippen LogP) is 5.86. The van der Waals surface area contributed by atoms with E-state index < -0.39 is 11.7 Å². The van der Waals surface area contributed by atoms with Gasteiger partial charge in [0.1, 0.15) is 6.54 Å². The first kappa shape index (κ1) is 28.9. The molecule has 0 aliphatic rings. The number of hydrogen-bond acceptors (Lipinski definition) is 3. The minimum Gasteiger partial charge on any atom is -0.383 e. The Morgan fingerprint density at radius 1 is 0.900 bits per heavy atom. The quantitative estimate of drug-likeness (QED) is 0.254. The van der Waals surface area contributed by atoms with E-state index in [1.54, 1.807) is 17.0 Å². The second-order valence-electron chi connectivity index (χ2n) is 9.65. The van der Waals surface area contributed by atoms with Crippen LogP contribution in [0.15, 0.2) is 79.0 Å². The van der Waals surface area contributed by atoms with Crippen LogP contribution in [0.4, 0.5) is 13.2 Å². The van der Waals surface area contributed by atoms with Crippen LogP contribution in [0.25, 0.3) is 10.9 Å². The number of benzene rings is 3. The van der Waals surface area contributed by atoms with Crippen LogP contribution in [0.1, 0.15) is 32.6 Å². The Kier molecular flexibility index (Phi) is 9.26. The van der Waals surface area contributed by atoms with Crippen LogP contribution in [-0.2, 0) is 28.7 Å². The monoisotopic (exact) mass is 551 g/mol. The van der Waals surface area contributed by atoms with Crippen molar-refractivity contribution in [2.75, 3.05) is 33.4 Å². The number of aryl methyl sites for hydroxylation is 1. The standard InChI is InChI=1S/C31H32F3N3O3/c1-22-7-3-4-8-26(22)30(39)37(17-18-40-2)21-29(38)36(20-23-11-13-25(14-12-23)31(32,33)34)16-15-24-19-35-28-10-6-5-9-27(24)28/h3-14,19,35H,15-18,20-21H2,1-2H3. The van der Waals surface area contributed by atoms with Gasteiger partial charge in [-0.2, -0.15) is 13.2 Å². The van der Waals surface area contributed by atoms with E-state index in [1.807, 2.05) is 49.5 Å². The van der Waals surface area contributed by atoms with Gasteiger partial charge in [0.2, 0.25) is 5.91 Å². The molecule has 1 heterocycles. The normalized spacial score (nSPS) is 11.5. The number of aromatic nitrogens is 1. The van der Waals surface area contributed by atoms with Crippen molar-refractivity contribution in [2.24, 2.45) is 0 Å². The van der Waals surface area contributed by atoms with E-state index in [1.165, 1.54) is 24.1 Å². The lowest BCUT2D eigenvalue weighted by molar-refractivity contribution is -0.137. The molecule has 4 aromatic rings. The molecule has 0 spiro atoms.